The second-order valence-electron chi connectivity index (χ2n) is 3.27. The van der Waals surface area contributed by atoms with E-state index in [1.807, 2.05) is 0 Å². The minimum absolute atomic E-state index is 0.0729. The van der Waals surface area contributed by atoms with Crippen LogP contribution >= 0.6 is 0 Å². The van der Waals surface area contributed by atoms with Crippen molar-refractivity contribution >= 4 is 16.1 Å². The zero-order valence-corrected chi connectivity index (χ0v) is 9.81. The van der Waals surface area contributed by atoms with E-state index in [1.165, 1.54) is 0 Å². The normalized spacial score (nSPS) is 11.4. The predicted molar refractivity (Wildman–Crippen MR) is 53.0 cm³/mol. The monoisotopic (exact) mass is 302 g/mol. The summed E-state index contributed by atoms with van der Waals surface area (Å²) in [5.74, 6) is -10.6. The van der Waals surface area contributed by atoms with Crippen LogP contribution in [0.1, 0.15) is 10.4 Å². The maximum atomic E-state index is 13.1. The zero-order valence-electron chi connectivity index (χ0n) is 8.99. The van der Waals surface area contributed by atoms with Gasteiger partial charge in [-0.1, -0.05) is 0 Å². The smallest absolute Gasteiger partial charge is 0.341 e. The first kappa shape index (κ1) is 15.4. The Labute approximate surface area is 104 Å². The Morgan fingerprint density at radius 3 is 2.26 bits per heavy atom. The first-order valence-electron chi connectivity index (χ1n) is 4.58. The van der Waals surface area contributed by atoms with Crippen molar-refractivity contribution in [2.24, 2.45) is 0 Å². The lowest BCUT2D eigenvalue weighted by molar-refractivity contribution is 0.0520. The SMILES string of the molecule is O=C(OCCS(=O)(=O)O)c1cc(F)c(F)c(F)c1F. The van der Waals surface area contributed by atoms with Crippen LogP contribution in [0.3, 0.4) is 0 Å². The van der Waals surface area contributed by atoms with Gasteiger partial charge in [0.25, 0.3) is 10.1 Å². The molecule has 0 aliphatic rings. The molecule has 0 aliphatic heterocycles. The van der Waals surface area contributed by atoms with Crippen molar-refractivity contribution in [1.82, 2.24) is 0 Å². The Kier molecular flexibility index (Phi) is 4.48. The molecule has 0 saturated heterocycles. The van der Waals surface area contributed by atoms with Crippen LogP contribution in [0.2, 0.25) is 0 Å². The summed E-state index contributed by atoms with van der Waals surface area (Å²) in [6.45, 7) is -0.863. The molecular formula is C9H6F4O5S. The van der Waals surface area contributed by atoms with E-state index in [4.69, 9.17) is 4.55 Å². The van der Waals surface area contributed by atoms with Gasteiger partial charge in [-0.05, 0) is 6.07 Å². The van der Waals surface area contributed by atoms with Gasteiger partial charge >= 0.3 is 5.97 Å². The average molecular weight is 302 g/mol. The van der Waals surface area contributed by atoms with Gasteiger partial charge in [0.1, 0.15) is 17.9 Å². The highest BCUT2D eigenvalue weighted by Gasteiger charge is 2.24. The van der Waals surface area contributed by atoms with Crippen molar-refractivity contribution in [1.29, 1.82) is 0 Å². The minimum atomic E-state index is -4.41. The van der Waals surface area contributed by atoms with Crippen LogP contribution in [0.5, 0.6) is 0 Å². The molecule has 0 saturated carbocycles. The van der Waals surface area contributed by atoms with E-state index in [1.54, 1.807) is 0 Å². The van der Waals surface area contributed by atoms with Crippen LogP contribution in [0.4, 0.5) is 17.6 Å². The van der Waals surface area contributed by atoms with Crippen LogP contribution < -0.4 is 0 Å². The highest BCUT2D eigenvalue weighted by Crippen LogP contribution is 2.19. The molecule has 1 N–H and O–H groups in total. The van der Waals surface area contributed by atoms with Crippen molar-refractivity contribution in [3.05, 3.63) is 34.9 Å². The predicted octanol–water partition coefficient (Wildman–Crippen LogP) is 1.29. The van der Waals surface area contributed by atoms with Gasteiger partial charge in [-0.25, -0.2) is 22.4 Å². The van der Waals surface area contributed by atoms with Gasteiger partial charge in [-0.15, -0.1) is 0 Å². The lowest BCUT2D eigenvalue weighted by Gasteiger charge is -2.06. The molecule has 1 aromatic carbocycles. The molecule has 0 heterocycles. The molecule has 0 amide bonds. The lowest BCUT2D eigenvalue weighted by Crippen LogP contribution is -2.16. The fourth-order valence-corrected chi connectivity index (χ4v) is 1.33. The van der Waals surface area contributed by atoms with Gasteiger partial charge in [-0.2, -0.15) is 8.42 Å². The van der Waals surface area contributed by atoms with E-state index in [0.717, 1.165) is 0 Å². The Bertz CT molecular complexity index is 614. The van der Waals surface area contributed by atoms with Crippen LogP contribution in [0, 0.1) is 23.3 Å². The number of hydrogen-bond acceptors (Lipinski definition) is 4. The van der Waals surface area contributed by atoms with Gasteiger partial charge in [-0.3, -0.25) is 4.55 Å². The van der Waals surface area contributed by atoms with Gasteiger partial charge in [0.05, 0.1) is 0 Å². The molecule has 0 atom stereocenters. The maximum absolute atomic E-state index is 13.1. The van der Waals surface area contributed by atoms with E-state index < -0.39 is 57.3 Å². The Morgan fingerprint density at radius 2 is 1.74 bits per heavy atom. The molecule has 0 bridgehead atoms. The number of carbonyl (C=O) groups is 1. The number of halogens is 4. The summed E-state index contributed by atoms with van der Waals surface area (Å²) < 4.78 is 84.3. The number of benzene rings is 1. The Hall–Kier alpha value is -1.68. The third kappa shape index (κ3) is 3.89. The van der Waals surface area contributed by atoms with Crippen LogP contribution in [0.15, 0.2) is 6.07 Å². The Morgan fingerprint density at radius 1 is 1.16 bits per heavy atom. The molecule has 0 fully saturated rings. The zero-order chi connectivity index (χ0) is 14.8. The summed E-state index contributed by atoms with van der Waals surface area (Å²) in [5, 5.41) is 0. The van der Waals surface area contributed by atoms with Crippen molar-refractivity contribution in [2.75, 3.05) is 12.4 Å². The van der Waals surface area contributed by atoms with Crippen molar-refractivity contribution < 1.29 is 40.1 Å². The molecule has 1 rings (SSSR count). The second kappa shape index (κ2) is 5.53. The maximum Gasteiger partial charge on any atom is 0.341 e. The first-order chi connectivity index (χ1) is 8.63. The molecule has 1 aromatic rings. The van der Waals surface area contributed by atoms with Gasteiger partial charge in [0.2, 0.25) is 0 Å². The van der Waals surface area contributed by atoms with E-state index in [-0.39, 0.29) is 6.07 Å². The molecular weight excluding hydrogens is 296 g/mol. The molecule has 0 radical (unpaired) electrons. The third-order valence-electron chi connectivity index (χ3n) is 1.90. The summed E-state index contributed by atoms with van der Waals surface area (Å²) >= 11 is 0. The first-order valence-corrected chi connectivity index (χ1v) is 6.19. The van der Waals surface area contributed by atoms with Crippen LogP contribution in [0.25, 0.3) is 0 Å². The molecule has 19 heavy (non-hydrogen) atoms. The molecule has 0 aliphatic carbocycles. The van der Waals surface area contributed by atoms with E-state index in [2.05, 4.69) is 4.74 Å². The van der Waals surface area contributed by atoms with Crippen molar-refractivity contribution in [3.8, 4) is 0 Å². The third-order valence-corrected chi connectivity index (χ3v) is 2.58. The summed E-state index contributed by atoms with van der Waals surface area (Å²) in [6.07, 6.45) is 0. The molecule has 0 unspecified atom stereocenters. The highest BCUT2D eigenvalue weighted by molar-refractivity contribution is 7.85. The summed E-state index contributed by atoms with van der Waals surface area (Å²) in [6, 6.07) is 0.0729. The topological polar surface area (TPSA) is 80.7 Å². The highest BCUT2D eigenvalue weighted by atomic mass is 32.2. The number of rotatable bonds is 4. The largest absolute Gasteiger partial charge is 0.461 e. The number of esters is 1. The van der Waals surface area contributed by atoms with Crippen LogP contribution in [-0.2, 0) is 14.9 Å². The number of hydrogen-bond donors (Lipinski definition) is 1. The van der Waals surface area contributed by atoms with Gasteiger partial charge in [0.15, 0.2) is 23.3 Å². The lowest BCUT2D eigenvalue weighted by atomic mass is 10.2. The van der Waals surface area contributed by atoms with Crippen molar-refractivity contribution in [3.63, 3.8) is 0 Å². The van der Waals surface area contributed by atoms with E-state index in [9.17, 15) is 30.8 Å². The molecule has 10 heteroatoms. The molecule has 5 nitrogen and oxygen atoms in total. The summed E-state index contributed by atoms with van der Waals surface area (Å²) in [7, 11) is -4.41. The quantitative estimate of drug-likeness (QED) is 0.298. The van der Waals surface area contributed by atoms with E-state index >= 15 is 0 Å². The molecule has 0 spiro atoms. The number of carbonyl (C=O) groups excluding carboxylic acids is 1. The summed E-state index contributed by atoms with van der Waals surface area (Å²) in [5.41, 5.74) is -1.23. The van der Waals surface area contributed by atoms with Gasteiger partial charge < -0.3 is 4.74 Å². The fourth-order valence-electron chi connectivity index (χ4n) is 1.04. The number of ether oxygens (including phenoxy) is 1. The molecule has 106 valence electrons. The van der Waals surface area contributed by atoms with Gasteiger partial charge in [0, 0.05) is 0 Å². The summed E-state index contributed by atoms with van der Waals surface area (Å²) in [4.78, 5) is 11.2. The molecule has 0 aromatic heterocycles. The van der Waals surface area contributed by atoms with Crippen LogP contribution in [-0.4, -0.2) is 31.3 Å². The van der Waals surface area contributed by atoms with E-state index in [0.29, 0.717) is 0 Å². The Balaban J connectivity index is 2.89. The fraction of sp³-hybridized carbons (Fsp3) is 0.222. The van der Waals surface area contributed by atoms with Crippen molar-refractivity contribution in [2.45, 2.75) is 0 Å². The second-order valence-corrected chi connectivity index (χ2v) is 4.84. The minimum Gasteiger partial charge on any atom is -0.461 e. The standard InChI is InChI=1S/C9H6F4O5S/c10-5-3-4(6(11)8(13)7(5)12)9(14)18-1-2-19(15,16)17/h3H,1-2H2,(H,15,16,17). The average Bonchev–Trinajstić information content (AvgIpc) is 2.29.